The minimum Gasteiger partial charge on any atom is -0.368 e. The molecule has 1 heterocycles. The van der Waals surface area contributed by atoms with Crippen molar-refractivity contribution in [3.63, 3.8) is 0 Å². The predicted molar refractivity (Wildman–Crippen MR) is 87.0 cm³/mol. The monoisotopic (exact) mass is 295 g/mol. The van der Waals surface area contributed by atoms with E-state index in [1.165, 1.54) is 25.9 Å². The molecule has 3 atom stereocenters. The van der Waals surface area contributed by atoms with Gasteiger partial charge in [0.05, 0.1) is 0 Å². The van der Waals surface area contributed by atoms with Crippen molar-refractivity contribution >= 4 is 5.91 Å². The smallest absolute Gasteiger partial charge is 0.238 e. The maximum Gasteiger partial charge on any atom is 0.238 e. The van der Waals surface area contributed by atoms with Crippen LogP contribution >= 0.6 is 0 Å². The highest BCUT2D eigenvalue weighted by Crippen LogP contribution is 2.38. The van der Waals surface area contributed by atoms with Crippen LogP contribution in [0.5, 0.6) is 0 Å². The minimum atomic E-state index is -0.433. The van der Waals surface area contributed by atoms with Gasteiger partial charge in [-0.1, -0.05) is 20.3 Å². The lowest BCUT2D eigenvalue weighted by atomic mass is 9.83. The molecule has 21 heavy (non-hydrogen) atoms. The molecule has 3 N–H and O–H groups in total. The third-order valence-electron chi connectivity index (χ3n) is 5.49. The van der Waals surface area contributed by atoms with E-state index in [-0.39, 0.29) is 5.91 Å². The minimum absolute atomic E-state index is 0.134. The van der Waals surface area contributed by atoms with E-state index >= 15 is 0 Å². The number of primary amides is 1. The fraction of sp³-hybridized carbons (Fsp3) is 0.941. The number of hydrogen-bond donors (Lipinski definition) is 2. The second-order valence-electron chi connectivity index (χ2n) is 7.19. The number of nitrogens with zero attached hydrogens (tertiary/aromatic N) is 1. The lowest BCUT2D eigenvalue weighted by Crippen LogP contribution is -2.58. The van der Waals surface area contributed by atoms with E-state index < -0.39 is 5.54 Å². The van der Waals surface area contributed by atoms with Gasteiger partial charge in [-0.3, -0.25) is 4.79 Å². The molecule has 0 spiro atoms. The fourth-order valence-corrected chi connectivity index (χ4v) is 4.29. The highest BCUT2D eigenvalue weighted by Gasteiger charge is 2.46. The topological polar surface area (TPSA) is 58.4 Å². The van der Waals surface area contributed by atoms with Crippen molar-refractivity contribution < 1.29 is 4.79 Å². The van der Waals surface area contributed by atoms with E-state index in [1.54, 1.807) is 0 Å². The Bertz CT molecular complexity index is 347. The molecule has 2 rings (SSSR count). The second kappa shape index (κ2) is 7.59. The number of amides is 1. The number of nitrogens with two attached hydrogens (primary N) is 1. The summed E-state index contributed by atoms with van der Waals surface area (Å²) in [6, 6.07) is 0. The van der Waals surface area contributed by atoms with Gasteiger partial charge < -0.3 is 16.0 Å². The number of piperidine rings is 1. The molecule has 0 bridgehead atoms. The van der Waals surface area contributed by atoms with Crippen molar-refractivity contribution in [3.05, 3.63) is 0 Å². The van der Waals surface area contributed by atoms with E-state index in [9.17, 15) is 4.79 Å². The number of nitrogens with one attached hydrogen (secondary N) is 1. The van der Waals surface area contributed by atoms with Crippen LogP contribution in [0.1, 0.15) is 58.8 Å². The zero-order chi connectivity index (χ0) is 15.3. The van der Waals surface area contributed by atoms with Crippen LogP contribution in [-0.2, 0) is 4.79 Å². The van der Waals surface area contributed by atoms with Crippen LogP contribution in [0, 0.1) is 11.8 Å². The third-order valence-corrected chi connectivity index (χ3v) is 5.49. The average molecular weight is 295 g/mol. The second-order valence-corrected chi connectivity index (χ2v) is 7.19. The Morgan fingerprint density at radius 3 is 2.86 bits per heavy atom. The molecule has 3 unspecified atom stereocenters. The molecule has 1 aliphatic carbocycles. The Labute approximate surface area is 129 Å². The first-order valence-corrected chi connectivity index (χ1v) is 8.85. The zero-order valence-corrected chi connectivity index (χ0v) is 13.9. The van der Waals surface area contributed by atoms with Gasteiger partial charge in [-0.25, -0.2) is 0 Å². The number of rotatable bonds is 7. The summed E-state index contributed by atoms with van der Waals surface area (Å²) in [5.41, 5.74) is 5.35. The van der Waals surface area contributed by atoms with Crippen molar-refractivity contribution in [2.75, 3.05) is 26.2 Å². The lowest BCUT2D eigenvalue weighted by Gasteiger charge is -2.36. The Balaban J connectivity index is 1.91. The molecule has 4 heteroatoms. The standard InChI is InChI=1S/C17H33N3O/c1-3-10-19-17(16(18)21)9-4-7-15(17)8-12-20-11-5-6-14(2)13-20/h14-15,19H,3-13H2,1-2H3,(H2,18,21). The Morgan fingerprint density at radius 2 is 2.19 bits per heavy atom. The first-order valence-electron chi connectivity index (χ1n) is 8.85. The summed E-state index contributed by atoms with van der Waals surface area (Å²) in [6.07, 6.45) is 8.02. The van der Waals surface area contributed by atoms with Gasteiger partial charge in [-0.2, -0.15) is 0 Å². The van der Waals surface area contributed by atoms with Crippen LogP contribution in [0.2, 0.25) is 0 Å². The Hall–Kier alpha value is -0.610. The fourth-order valence-electron chi connectivity index (χ4n) is 4.29. The first-order chi connectivity index (χ1) is 10.1. The summed E-state index contributed by atoms with van der Waals surface area (Å²) in [7, 11) is 0. The van der Waals surface area contributed by atoms with Gasteiger partial charge in [0.2, 0.25) is 5.91 Å². The molecular weight excluding hydrogens is 262 g/mol. The summed E-state index contributed by atoms with van der Waals surface area (Å²) in [4.78, 5) is 14.7. The molecule has 1 amide bonds. The van der Waals surface area contributed by atoms with Crippen LogP contribution in [0.15, 0.2) is 0 Å². The summed E-state index contributed by atoms with van der Waals surface area (Å²) in [6.45, 7) is 8.94. The summed E-state index contributed by atoms with van der Waals surface area (Å²) >= 11 is 0. The van der Waals surface area contributed by atoms with E-state index in [1.807, 2.05) is 0 Å². The number of likely N-dealkylation sites (tertiary alicyclic amines) is 1. The molecular formula is C17H33N3O. The number of carbonyl (C=O) groups is 1. The van der Waals surface area contributed by atoms with E-state index in [0.717, 1.165) is 51.1 Å². The number of hydrogen-bond acceptors (Lipinski definition) is 3. The normalized spacial score (nSPS) is 34.2. The van der Waals surface area contributed by atoms with Gasteiger partial charge in [-0.05, 0) is 70.0 Å². The van der Waals surface area contributed by atoms with Crippen LogP contribution < -0.4 is 11.1 Å². The van der Waals surface area contributed by atoms with Gasteiger partial charge in [0, 0.05) is 6.54 Å². The van der Waals surface area contributed by atoms with E-state index in [0.29, 0.717) is 5.92 Å². The van der Waals surface area contributed by atoms with Crippen molar-refractivity contribution in [3.8, 4) is 0 Å². The Morgan fingerprint density at radius 1 is 1.38 bits per heavy atom. The third kappa shape index (κ3) is 3.98. The molecule has 1 saturated carbocycles. The number of carbonyl (C=O) groups excluding carboxylic acids is 1. The van der Waals surface area contributed by atoms with Gasteiger partial charge in [-0.15, -0.1) is 0 Å². The van der Waals surface area contributed by atoms with Crippen LogP contribution in [0.25, 0.3) is 0 Å². The van der Waals surface area contributed by atoms with Crippen LogP contribution in [0.3, 0.4) is 0 Å². The molecule has 0 aromatic rings. The van der Waals surface area contributed by atoms with Gasteiger partial charge in [0.1, 0.15) is 5.54 Å². The van der Waals surface area contributed by atoms with Crippen molar-refractivity contribution in [2.45, 2.75) is 64.3 Å². The molecule has 2 fully saturated rings. The average Bonchev–Trinajstić information content (AvgIpc) is 2.87. The highest BCUT2D eigenvalue weighted by molar-refractivity contribution is 5.85. The lowest BCUT2D eigenvalue weighted by molar-refractivity contribution is -0.126. The van der Waals surface area contributed by atoms with Crippen molar-refractivity contribution in [1.82, 2.24) is 10.2 Å². The van der Waals surface area contributed by atoms with E-state index in [4.69, 9.17) is 5.73 Å². The predicted octanol–water partition coefficient (Wildman–Crippen LogP) is 2.13. The van der Waals surface area contributed by atoms with Crippen molar-refractivity contribution in [2.24, 2.45) is 17.6 Å². The van der Waals surface area contributed by atoms with E-state index in [2.05, 4.69) is 24.1 Å². The summed E-state index contributed by atoms with van der Waals surface area (Å²) in [5.74, 6) is 1.10. The molecule has 1 aliphatic heterocycles. The SMILES string of the molecule is CCCNC1(C(N)=O)CCCC1CCN1CCCC(C)C1. The largest absolute Gasteiger partial charge is 0.368 e. The zero-order valence-electron chi connectivity index (χ0n) is 13.9. The van der Waals surface area contributed by atoms with Crippen LogP contribution in [-0.4, -0.2) is 42.5 Å². The summed E-state index contributed by atoms with van der Waals surface area (Å²) in [5, 5.41) is 3.50. The molecule has 0 aromatic heterocycles. The molecule has 4 nitrogen and oxygen atoms in total. The van der Waals surface area contributed by atoms with Crippen LogP contribution in [0.4, 0.5) is 0 Å². The molecule has 1 saturated heterocycles. The van der Waals surface area contributed by atoms with Gasteiger partial charge >= 0.3 is 0 Å². The van der Waals surface area contributed by atoms with Crippen molar-refractivity contribution in [1.29, 1.82) is 0 Å². The molecule has 0 radical (unpaired) electrons. The summed E-state index contributed by atoms with van der Waals surface area (Å²) < 4.78 is 0. The quantitative estimate of drug-likeness (QED) is 0.756. The first kappa shape index (κ1) is 16.8. The Kier molecular flexibility index (Phi) is 6.06. The highest BCUT2D eigenvalue weighted by atomic mass is 16.1. The van der Waals surface area contributed by atoms with Gasteiger partial charge in [0.25, 0.3) is 0 Å². The van der Waals surface area contributed by atoms with Gasteiger partial charge in [0.15, 0.2) is 0 Å². The molecule has 2 aliphatic rings. The molecule has 122 valence electrons. The maximum absolute atomic E-state index is 12.1. The molecule has 0 aromatic carbocycles. The maximum atomic E-state index is 12.1.